The summed E-state index contributed by atoms with van der Waals surface area (Å²) in [6.07, 6.45) is 4.20. The summed E-state index contributed by atoms with van der Waals surface area (Å²) >= 11 is 6.87. The summed E-state index contributed by atoms with van der Waals surface area (Å²) in [5.41, 5.74) is 14.4. The first-order valence-corrected chi connectivity index (χ1v) is 8.21. The molecule has 2 rings (SSSR count). The van der Waals surface area contributed by atoms with Gasteiger partial charge in [0.05, 0.1) is 11.4 Å². The summed E-state index contributed by atoms with van der Waals surface area (Å²) in [5, 5.41) is 3.42. The van der Waals surface area contributed by atoms with Crippen molar-refractivity contribution in [2.45, 2.75) is 18.9 Å². The SMILES string of the molecule is CN1CCC(N/C=C(\N)c2cc(Br)c(N)c(Br)c2)CC1. The summed E-state index contributed by atoms with van der Waals surface area (Å²) in [5.74, 6) is 0. The Morgan fingerprint density at radius 2 is 1.85 bits per heavy atom. The lowest BCUT2D eigenvalue weighted by Gasteiger charge is -2.29. The van der Waals surface area contributed by atoms with Crippen molar-refractivity contribution in [2.24, 2.45) is 5.73 Å². The molecule has 1 saturated heterocycles. The van der Waals surface area contributed by atoms with Crippen LogP contribution < -0.4 is 16.8 Å². The second kappa shape index (κ2) is 6.83. The van der Waals surface area contributed by atoms with Crippen LogP contribution in [0.1, 0.15) is 18.4 Å². The Balaban J connectivity index is 2.03. The minimum Gasteiger partial charge on any atom is -0.397 e. The van der Waals surface area contributed by atoms with Gasteiger partial charge in [-0.25, -0.2) is 0 Å². The lowest BCUT2D eigenvalue weighted by atomic mass is 10.1. The van der Waals surface area contributed by atoms with Gasteiger partial charge in [-0.1, -0.05) is 0 Å². The van der Waals surface area contributed by atoms with Gasteiger partial charge in [-0.15, -0.1) is 0 Å². The van der Waals surface area contributed by atoms with Gasteiger partial charge in [-0.2, -0.15) is 0 Å². The van der Waals surface area contributed by atoms with Crippen molar-refractivity contribution >= 4 is 43.2 Å². The number of rotatable bonds is 3. The Morgan fingerprint density at radius 1 is 1.30 bits per heavy atom. The number of nitrogens with two attached hydrogens (primary N) is 2. The van der Waals surface area contributed by atoms with Crippen molar-refractivity contribution in [3.05, 3.63) is 32.8 Å². The maximum Gasteiger partial charge on any atom is 0.0603 e. The van der Waals surface area contributed by atoms with Crippen LogP contribution in [0.3, 0.4) is 0 Å². The number of anilines is 1. The van der Waals surface area contributed by atoms with E-state index in [1.807, 2.05) is 18.3 Å². The molecule has 1 aromatic rings. The van der Waals surface area contributed by atoms with Gasteiger partial charge in [0.15, 0.2) is 0 Å². The number of hydrogen-bond acceptors (Lipinski definition) is 4. The molecular weight excluding hydrogens is 384 g/mol. The summed E-state index contributed by atoms with van der Waals surface area (Å²) < 4.78 is 1.69. The molecule has 20 heavy (non-hydrogen) atoms. The van der Waals surface area contributed by atoms with Crippen LogP contribution in [0.2, 0.25) is 0 Å². The van der Waals surface area contributed by atoms with Crippen molar-refractivity contribution in [2.75, 3.05) is 25.9 Å². The average Bonchev–Trinajstić information content (AvgIpc) is 2.43. The molecule has 0 atom stereocenters. The van der Waals surface area contributed by atoms with Crippen molar-refractivity contribution in [1.82, 2.24) is 10.2 Å². The first-order chi connectivity index (χ1) is 9.47. The Hall–Kier alpha value is -0.720. The van der Waals surface area contributed by atoms with Crippen molar-refractivity contribution in [1.29, 1.82) is 0 Å². The smallest absolute Gasteiger partial charge is 0.0603 e. The highest BCUT2D eigenvalue weighted by atomic mass is 79.9. The van der Waals surface area contributed by atoms with E-state index in [2.05, 4.69) is 49.1 Å². The van der Waals surface area contributed by atoms with Crippen LogP contribution in [0.25, 0.3) is 5.70 Å². The van der Waals surface area contributed by atoms with E-state index in [4.69, 9.17) is 11.5 Å². The van der Waals surface area contributed by atoms with Crippen LogP contribution in [-0.4, -0.2) is 31.1 Å². The topological polar surface area (TPSA) is 67.3 Å². The van der Waals surface area contributed by atoms with Gasteiger partial charge in [-0.3, -0.25) is 0 Å². The van der Waals surface area contributed by atoms with Gasteiger partial charge in [0, 0.05) is 26.8 Å². The lowest BCUT2D eigenvalue weighted by molar-refractivity contribution is 0.244. The third kappa shape index (κ3) is 3.90. The van der Waals surface area contributed by atoms with E-state index in [9.17, 15) is 0 Å². The molecule has 1 fully saturated rings. The van der Waals surface area contributed by atoms with E-state index in [-0.39, 0.29) is 0 Å². The number of nitrogens with one attached hydrogen (secondary N) is 1. The number of likely N-dealkylation sites (tertiary alicyclic amines) is 1. The van der Waals surface area contributed by atoms with Crippen LogP contribution in [0, 0.1) is 0 Å². The number of nitrogens with zero attached hydrogens (tertiary/aromatic N) is 1. The highest BCUT2D eigenvalue weighted by Crippen LogP contribution is 2.31. The molecule has 1 aliphatic rings. The number of nitrogen functional groups attached to an aromatic ring is 1. The maximum absolute atomic E-state index is 6.13. The second-order valence-corrected chi connectivity index (χ2v) is 6.91. The van der Waals surface area contributed by atoms with Gasteiger partial charge in [0.25, 0.3) is 0 Å². The maximum atomic E-state index is 6.13. The number of halogens is 2. The molecular formula is C14H20Br2N4. The molecule has 0 amide bonds. The molecule has 0 saturated carbocycles. The molecule has 1 aromatic carbocycles. The zero-order chi connectivity index (χ0) is 14.7. The quantitative estimate of drug-likeness (QED) is 0.678. The van der Waals surface area contributed by atoms with Crippen molar-refractivity contribution in [3.8, 4) is 0 Å². The average molecular weight is 404 g/mol. The Labute approximate surface area is 136 Å². The predicted molar refractivity (Wildman–Crippen MR) is 92.1 cm³/mol. The van der Waals surface area contributed by atoms with Gasteiger partial charge in [0.2, 0.25) is 0 Å². The Kier molecular flexibility index (Phi) is 5.35. The first-order valence-electron chi connectivity index (χ1n) is 6.62. The standard InChI is InChI=1S/C14H20Br2N4/c1-20-4-2-10(3-5-20)19-8-13(17)9-6-11(15)14(18)12(16)7-9/h6-8,10,19H,2-5,17-18H2,1H3/b13-8-. The fourth-order valence-electron chi connectivity index (χ4n) is 2.22. The van der Waals surface area contributed by atoms with Crippen molar-refractivity contribution in [3.63, 3.8) is 0 Å². The predicted octanol–water partition coefficient (Wildman–Crippen LogP) is 2.73. The summed E-state index contributed by atoms with van der Waals surface area (Å²) in [6, 6.07) is 4.37. The normalized spacial score (nSPS) is 18.2. The molecule has 110 valence electrons. The molecule has 1 heterocycles. The Morgan fingerprint density at radius 3 is 2.40 bits per heavy atom. The summed E-state index contributed by atoms with van der Waals surface area (Å²) in [7, 11) is 2.16. The van der Waals surface area contributed by atoms with Gasteiger partial charge < -0.3 is 21.7 Å². The van der Waals surface area contributed by atoms with E-state index in [1.54, 1.807) is 0 Å². The van der Waals surface area contributed by atoms with Gasteiger partial charge in [0.1, 0.15) is 0 Å². The molecule has 0 radical (unpaired) electrons. The third-order valence-electron chi connectivity index (χ3n) is 3.61. The van der Waals surface area contributed by atoms with Crippen LogP contribution in [-0.2, 0) is 0 Å². The van der Waals surface area contributed by atoms with E-state index in [1.165, 1.54) is 0 Å². The molecule has 4 nitrogen and oxygen atoms in total. The van der Waals surface area contributed by atoms with E-state index in [0.717, 1.165) is 40.4 Å². The molecule has 0 unspecified atom stereocenters. The first kappa shape index (κ1) is 15.7. The summed E-state index contributed by atoms with van der Waals surface area (Å²) in [4.78, 5) is 2.35. The van der Waals surface area contributed by atoms with Crippen LogP contribution in [0.5, 0.6) is 0 Å². The second-order valence-electron chi connectivity index (χ2n) is 5.20. The molecule has 6 heteroatoms. The highest BCUT2D eigenvalue weighted by Gasteiger charge is 2.15. The molecule has 5 N–H and O–H groups in total. The molecule has 1 aliphatic heterocycles. The third-order valence-corrected chi connectivity index (χ3v) is 4.92. The zero-order valence-corrected chi connectivity index (χ0v) is 14.7. The van der Waals surface area contributed by atoms with Gasteiger partial charge >= 0.3 is 0 Å². The highest BCUT2D eigenvalue weighted by molar-refractivity contribution is 9.11. The zero-order valence-electron chi connectivity index (χ0n) is 11.5. The van der Waals surface area contributed by atoms with E-state index >= 15 is 0 Å². The lowest BCUT2D eigenvalue weighted by Crippen LogP contribution is -2.39. The molecule has 0 spiro atoms. The van der Waals surface area contributed by atoms with E-state index in [0.29, 0.717) is 17.4 Å². The fourth-order valence-corrected chi connectivity index (χ4v) is 3.40. The largest absolute Gasteiger partial charge is 0.397 e. The molecule has 0 bridgehead atoms. The number of benzene rings is 1. The van der Waals surface area contributed by atoms with Gasteiger partial charge in [-0.05, 0) is 77.0 Å². The molecule has 0 aliphatic carbocycles. The van der Waals surface area contributed by atoms with Crippen molar-refractivity contribution < 1.29 is 0 Å². The minimum absolute atomic E-state index is 0.505. The monoisotopic (exact) mass is 402 g/mol. The molecule has 0 aromatic heterocycles. The minimum atomic E-state index is 0.505. The van der Waals surface area contributed by atoms with E-state index < -0.39 is 0 Å². The number of hydrogen-bond donors (Lipinski definition) is 3. The number of piperidine rings is 1. The fraction of sp³-hybridized carbons (Fsp3) is 0.429. The summed E-state index contributed by atoms with van der Waals surface area (Å²) in [6.45, 7) is 2.26. The van der Waals surface area contributed by atoms with Crippen LogP contribution in [0.4, 0.5) is 5.69 Å². The van der Waals surface area contributed by atoms with Crippen LogP contribution >= 0.6 is 31.9 Å². The Bertz CT molecular complexity index is 485. The van der Waals surface area contributed by atoms with Crippen LogP contribution in [0.15, 0.2) is 27.3 Å².